The van der Waals surface area contributed by atoms with Crippen LogP contribution < -0.4 is 5.32 Å². The lowest BCUT2D eigenvalue weighted by Crippen LogP contribution is -2.43. The molecule has 1 heterocycles. The third-order valence-electron chi connectivity index (χ3n) is 3.58. The molecule has 0 aliphatic rings. The Hall–Kier alpha value is -2.40. The molecule has 22 heavy (non-hydrogen) atoms. The first-order chi connectivity index (χ1) is 10.6. The number of hydrogen-bond acceptors (Lipinski definition) is 3. The van der Waals surface area contributed by atoms with E-state index in [0.717, 1.165) is 16.8 Å². The lowest BCUT2D eigenvalue weighted by Gasteiger charge is -2.23. The van der Waals surface area contributed by atoms with Crippen molar-refractivity contribution in [3.63, 3.8) is 0 Å². The van der Waals surface area contributed by atoms with E-state index >= 15 is 0 Å². The predicted octanol–water partition coefficient (Wildman–Crippen LogP) is 2.27. The molecule has 2 aromatic rings. The number of hydrogen-bond donors (Lipinski definition) is 2. The number of likely N-dealkylation sites (N-methyl/N-ethyl adjacent to an activating group) is 1. The molecule has 2 N–H and O–H groups in total. The van der Waals surface area contributed by atoms with Gasteiger partial charge in [0, 0.05) is 25.4 Å². The maximum absolute atomic E-state index is 12.0. The summed E-state index contributed by atoms with van der Waals surface area (Å²) in [4.78, 5) is 17.8. The largest absolute Gasteiger partial charge is 0.394 e. The number of aromatic nitrogens is 1. The summed E-state index contributed by atoms with van der Waals surface area (Å²) < 4.78 is 0. The Kier molecular flexibility index (Phi) is 5.49. The van der Waals surface area contributed by atoms with Crippen molar-refractivity contribution in [1.82, 2.24) is 15.2 Å². The molecule has 0 bridgehead atoms. The molecule has 1 aromatic heterocycles. The minimum atomic E-state index is -0.208. The number of amides is 2. The van der Waals surface area contributed by atoms with E-state index in [1.807, 2.05) is 42.5 Å². The molecule has 0 radical (unpaired) electrons. The molecule has 2 amide bonds. The van der Waals surface area contributed by atoms with Crippen LogP contribution in [0.5, 0.6) is 0 Å². The van der Waals surface area contributed by atoms with Crippen LogP contribution in [-0.2, 0) is 6.54 Å². The van der Waals surface area contributed by atoms with E-state index in [4.69, 9.17) is 5.11 Å². The number of pyridine rings is 1. The van der Waals surface area contributed by atoms with Gasteiger partial charge in [-0.15, -0.1) is 0 Å². The summed E-state index contributed by atoms with van der Waals surface area (Å²) in [6, 6.07) is 13.3. The van der Waals surface area contributed by atoms with Gasteiger partial charge in [-0.1, -0.05) is 24.3 Å². The minimum Gasteiger partial charge on any atom is -0.394 e. The summed E-state index contributed by atoms with van der Waals surface area (Å²) in [7, 11) is 1.67. The van der Waals surface area contributed by atoms with Crippen molar-refractivity contribution in [3.05, 3.63) is 54.2 Å². The third-order valence-corrected chi connectivity index (χ3v) is 3.58. The lowest BCUT2D eigenvalue weighted by molar-refractivity contribution is 0.157. The average Bonchev–Trinajstić information content (AvgIpc) is 2.59. The fourth-order valence-corrected chi connectivity index (χ4v) is 2.00. The Morgan fingerprint density at radius 3 is 2.82 bits per heavy atom. The van der Waals surface area contributed by atoms with Crippen molar-refractivity contribution in [2.24, 2.45) is 0 Å². The van der Waals surface area contributed by atoms with Gasteiger partial charge in [0.2, 0.25) is 0 Å². The van der Waals surface area contributed by atoms with E-state index < -0.39 is 0 Å². The van der Waals surface area contributed by atoms with E-state index in [1.54, 1.807) is 20.2 Å². The number of aliphatic hydroxyl groups excluding tert-OH is 1. The molecule has 0 saturated heterocycles. The summed E-state index contributed by atoms with van der Waals surface area (Å²) >= 11 is 0. The van der Waals surface area contributed by atoms with E-state index in [0.29, 0.717) is 6.54 Å². The van der Waals surface area contributed by atoms with Crippen molar-refractivity contribution in [2.75, 3.05) is 13.7 Å². The molecular formula is C17H21N3O2. The minimum absolute atomic E-state index is 0.0565. The summed E-state index contributed by atoms with van der Waals surface area (Å²) in [5, 5.41) is 11.9. The normalized spacial score (nSPS) is 11.8. The lowest BCUT2D eigenvalue weighted by atomic mass is 10.1. The number of carbonyl (C=O) groups is 1. The number of urea groups is 1. The Morgan fingerprint density at radius 1 is 1.32 bits per heavy atom. The topological polar surface area (TPSA) is 65.5 Å². The second kappa shape index (κ2) is 7.56. The van der Waals surface area contributed by atoms with Crippen molar-refractivity contribution in [2.45, 2.75) is 19.5 Å². The second-order valence-corrected chi connectivity index (χ2v) is 5.22. The molecule has 0 fully saturated rings. The molecule has 1 unspecified atom stereocenters. The molecule has 5 heteroatoms. The maximum Gasteiger partial charge on any atom is 0.317 e. The molecule has 2 rings (SSSR count). The maximum atomic E-state index is 12.0. The highest BCUT2D eigenvalue weighted by atomic mass is 16.3. The molecular weight excluding hydrogens is 278 g/mol. The monoisotopic (exact) mass is 299 g/mol. The van der Waals surface area contributed by atoms with Gasteiger partial charge in [-0.25, -0.2) is 4.79 Å². The summed E-state index contributed by atoms with van der Waals surface area (Å²) in [6.45, 7) is 2.17. The molecule has 0 aliphatic carbocycles. The van der Waals surface area contributed by atoms with Crippen molar-refractivity contribution in [3.8, 4) is 11.3 Å². The molecule has 116 valence electrons. The van der Waals surface area contributed by atoms with Crippen LogP contribution in [0.25, 0.3) is 11.3 Å². The van der Waals surface area contributed by atoms with Crippen molar-refractivity contribution >= 4 is 6.03 Å². The van der Waals surface area contributed by atoms with Gasteiger partial charge in [0.1, 0.15) is 0 Å². The first kappa shape index (κ1) is 16.0. The van der Waals surface area contributed by atoms with Gasteiger partial charge in [-0.3, -0.25) is 4.98 Å². The van der Waals surface area contributed by atoms with Gasteiger partial charge in [-0.2, -0.15) is 0 Å². The van der Waals surface area contributed by atoms with Gasteiger partial charge in [0.05, 0.1) is 18.3 Å². The van der Waals surface area contributed by atoms with Crippen LogP contribution in [0.4, 0.5) is 4.79 Å². The molecule has 0 spiro atoms. The Balaban J connectivity index is 2.01. The Labute approximate surface area is 130 Å². The van der Waals surface area contributed by atoms with Crippen LogP contribution in [0.1, 0.15) is 12.5 Å². The smallest absolute Gasteiger partial charge is 0.317 e. The summed E-state index contributed by atoms with van der Waals surface area (Å²) in [5.41, 5.74) is 2.92. The number of aliphatic hydroxyl groups is 1. The van der Waals surface area contributed by atoms with E-state index in [1.165, 1.54) is 4.90 Å². The standard InChI is InChI=1S/C17H21N3O2/c1-13(12-21)20(2)17(22)19-11-14-6-5-7-15(10-14)16-8-3-4-9-18-16/h3-10,13,21H,11-12H2,1-2H3,(H,19,22). The first-order valence-electron chi connectivity index (χ1n) is 7.23. The van der Waals surface area contributed by atoms with Crippen LogP contribution in [0.2, 0.25) is 0 Å². The summed E-state index contributed by atoms with van der Waals surface area (Å²) in [6.07, 6.45) is 1.76. The highest BCUT2D eigenvalue weighted by molar-refractivity contribution is 5.74. The molecule has 5 nitrogen and oxygen atoms in total. The van der Waals surface area contributed by atoms with Crippen molar-refractivity contribution in [1.29, 1.82) is 0 Å². The molecule has 0 aliphatic heterocycles. The van der Waals surface area contributed by atoms with Gasteiger partial charge < -0.3 is 15.3 Å². The second-order valence-electron chi connectivity index (χ2n) is 5.22. The highest BCUT2D eigenvalue weighted by Gasteiger charge is 2.14. The third kappa shape index (κ3) is 4.05. The number of carbonyl (C=O) groups excluding carboxylic acids is 1. The number of rotatable bonds is 5. The van der Waals surface area contributed by atoms with E-state index in [2.05, 4.69) is 10.3 Å². The number of nitrogens with one attached hydrogen (secondary N) is 1. The fraction of sp³-hybridized carbons (Fsp3) is 0.294. The Bertz CT molecular complexity index is 616. The van der Waals surface area contributed by atoms with Gasteiger partial charge in [0.25, 0.3) is 0 Å². The number of nitrogens with zero attached hydrogens (tertiary/aromatic N) is 2. The van der Waals surface area contributed by atoms with Gasteiger partial charge in [-0.05, 0) is 30.7 Å². The van der Waals surface area contributed by atoms with Gasteiger partial charge in [0.15, 0.2) is 0 Å². The SMILES string of the molecule is CC(CO)N(C)C(=O)NCc1cccc(-c2ccccn2)c1. The molecule has 1 atom stereocenters. The highest BCUT2D eigenvalue weighted by Crippen LogP contribution is 2.17. The predicted molar refractivity (Wildman–Crippen MR) is 86.2 cm³/mol. The van der Waals surface area contributed by atoms with Crippen LogP contribution in [0.3, 0.4) is 0 Å². The van der Waals surface area contributed by atoms with Crippen LogP contribution >= 0.6 is 0 Å². The zero-order valence-corrected chi connectivity index (χ0v) is 12.9. The number of benzene rings is 1. The quantitative estimate of drug-likeness (QED) is 0.890. The van der Waals surface area contributed by atoms with Gasteiger partial charge >= 0.3 is 6.03 Å². The van der Waals surface area contributed by atoms with Crippen LogP contribution in [0.15, 0.2) is 48.7 Å². The summed E-state index contributed by atoms with van der Waals surface area (Å²) in [5.74, 6) is 0. The first-order valence-corrected chi connectivity index (χ1v) is 7.23. The average molecular weight is 299 g/mol. The fourth-order valence-electron chi connectivity index (χ4n) is 2.00. The Morgan fingerprint density at radius 2 is 2.14 bits per heavy atom. The van der Waals surface area contributed by atoms with Crippen LogP contribution in [-0.4, -0.2) is 40.7 Å². The van der Waals surface area contributed by atoms with Crippen LogP contribution in [0, 0.1) is 0 Å². The molecule has 1 aromatic carbocycles. The van der Waals surface area contributed by atoms with Crippen molar-refractivity contribution < 1.29 is 9.90 Å². The van der Waals surface area contributed by atoms with E-state index in [9.17, 15) is 4.79 Å². The zero-order valence-electron chi connectivity index (χ0n) is 12.9. The zero-order chi connectivity index (χ0) is 15.9. The van der Waals surface area contributed by atoms with E-state index in [-0.39, 0.29) is 18.7 Å². The molecule has 0 saturated carbocycles.